The molecule has 4 atom stereocenters. The molecule has 1 saturated heterocycles. The van der Waals surface area contributed by atoms with Gasteiger partial charge in [-0.15, -0.1) is 0 Å². The highest BCUT2D eigenvalue weighted by atomic mass is 16.5. The van der Waals surface area contributed by atoms with Crippen LogP contribution in [-0.2, 0) is 14.3 Å². The first kappa shape index (κ1) is 38.1. The zero-order valence-electron chi connectivity index (χ0n) is 31.4. The van der Waals surface area contributed by atoms with Crippen molar-refractivity contribution in [3.63, 3.8) is 0 Å². The number of benzene rings is 3. The Balaban J connectivity index is 1.04. The van der Waals surface area contributed by atoms with Gasteiger partial charge in [0.2, 0.25) is 11.8 Å². The maximum Gasteiger partial charge on any atom is 0.407 e. The Hall–Kier alpha value is -7.23. The molecule has 3 aromatic carbocycles. The number of imidazole rings is 2. The maximum absolute atomic E-state index is 13.9. The van der Waals surface area contributed by atoms with Gasteiger partial charge in [0.05, 0.1) is 43.5 Å². The van der Waals surface area contributed by atoms with Gasteiger partial charge in [0.25, 0.3) is 5.91 Å². The Labute approximate surface area is 327 Å². The summed E-state index contributed by atoms with van der Waals surface area (Å²) in [5.41, 5.74) is 3.99. The maximum atomic E-state index is 13.9. The summed E-state index contributed by atoms with van der Waals surface area (Å²) in [6.45, 7) is 2.25. The van der Waals surface area contributed by atoms with Crippen molar-refractivity contribution in [1.82, 2.24) is 45.4 Å². The number of likely N-dealkylation sites (N-methyl/N-ethyl adjacent to an activating group) is 1. The lowest BCUT2D eigenvalue weighted by atomic mass is 10.0. The van der Waals surface area contributed by atoms with Gasteiger partial charge in [0, 0.05) is 24.7 Å². The van der Waals surface area contributed by atoms with Crippen LogP contribution in [0.15, 0.2) is 108 Å². The van der Waals surface area contributed by atoms with Crippen LogP contribution in [0.3, 0.4) is 0 Å². The number of amides is 4. The van der Waals surface area contributed by atoms with Crippen molar-refractivity contribution in [2.24, 2.45) is 0 Å². The van der Waals surface area contributed by atoms with Crippen LogP contribution < -0.4 is 10.6 Å². The number of oxazole rings is 1. The van der Waals surface area contributed by atoms with E-state index in [1.165, 1.54) is 14.2 Å². The predicted molar refractivity (Wildman–Crippen MR) is 207 cm³/mol. The Bertz CT molecular complexity index is 2360. The standard InChI is InChI=1S/C41H41N9O7/c1-24(45-37(51)33(48-40(53)56-3)25-12-6-4-7-13-25)35-42-21-29(46-35)27-16-10-17-28(20-27)32-23-44-38(57-32)30-22-43-36(47-30)31-18-11-19-50(31)39(52)34(49(2)41(54)55)26-14-8-5-9-15-26/h4-10,12-17,20-24,31,33-34H,11,18-19H2,1-3H3,(H,42,46)(H,43,47)(H,45,51)(H,48,53)(H,54,55)/t24-,31-,33+,34+/m0/s1. The molecule has 0 spiro atoms. The van der Waals surface area contributed by atoms with E-state index in [1.54, 1.807) is 78.9 Å². The van der Waals surface area contributed by atoms with Crippen molar-refractivity contribution in [3.05, 3.63) is 126 Å². The van der Waals surface area contributed by atoms with Gasteiger partial charge >= 0.3 is 12.2 Å². The molecule has 1 aliphatic rings. The fraction of sp³-hybridized carbons (Fsp3) is 0.244. The smallest absolute Gasteiger partial charge is 0.407 e. The average Bonchev–Trinajstić information content (AvgIpc) is 4.07. The predicted octanol–water partition coefficient (Wildman–Crippen LogP) is 6.41. The number of alkyl carbamates (subject to hydrolysis) is 1. The molecule has 0 radical (unpaired) electrons. The Kier molecular flexibility index (Phi) is 11.1. The normalized spacial score (nSPS) is 15.4. The fourth-order valence-electron chi connectivity index (χ4n) is 6.93. The van der Waals surface area contributed by atoms with Crippen LogP contribution in [0.4, 0.5) is 9.59 Å². The number of ether oxygens (including phenoxy) is 1. The molecule has 16 nitrogen and oxygen atoms in total. The third kappa shape index (κ3) is 8.24. The van der Waals surface area contributed by atoms with Crippen molar-refractivity contribution >= 4 is 24.0 Å². The topological polar surface area (TPSA) is 212 Å². The fourth-order valence-corrected chi connectivity index (χ4v) is 6.93. The number of likely N-dealkylation sites (tertiary alicyclic amines) is 1. The van der Waals surface area contributed by atoms with Gasteiger partial charge in [0.15, 0.2) is 5.76 Å². The van der Waals surface area contributed by atoms with E-state index >= 15 is 0 Å². The number of methoxy groups -OCH3 is 1. The third-order valence-electron chi connectivity index (χ3n) is 9.89. The van der Waals surface area contributed by atoms with E-state index < -0.39 is 36.2 Å². The van der Waals surface area contributed by atoms with E-state index in [-0.39, 0.29) is 11.9 Å². The van der Waals surface area contributed by atoms with E-state index in [4.69, 9.17) is 9.15 Å². The number of nitrogens with zero attached hydrogens (tertiary/aromatic N) is 5. The molecule has 3 aromatic heterocycles. The van der Waals surface area contributed by atoms with Gasteiger partial charge in [-0.3, -0.25) is 14.5 Å². The Morgan fingerprint density at radius 1 is 0.877 bits per heavy atom. The molecular weight excluding hydrogens is 731 g/mol. The zero-order chi connectivity index (χ0) is 40.1. The summed E-state index contributed by atoms with van der Waals surface area (Å²) in [7, 11) is 2.63. The van der Waals surface area contributed by atoms with Crippen LogP contribution >= 0.6 is 0 Å². The van der Waals surface area contributed by atoms with E-state index in [1.807, 2.05) is 36.4 Å². The first-order chi connectivity index (χ1) is 27.6. The number of aromatic nitrogens is 5. The molecule has 0 aliphatic carbocycles. The van der Waals surface area contributed by atoms with Crippen molar-refractivity contribution in [1.29, 1.82) is 0 Å². The molecule has 1 fully saturated rings. The van der Waals surface area contributed by atoms with Gasteiger partial charge in [0.1, 0.15) is 29.4 Å². The second-order valence-electron chi connectivity index (χ2n) is 13.6. The highest BCUT2D eigenvalue weighted by Crippen LogP contribution is 2.36. The second kappa shape index (κ2) is 16.6. The van der Waals surface area contributed by atoms with Crippen LogP contribution in [-0.4, -0.2) is 84.5 Å². The van der Waals surface area contributed by atoms with E-state index in [0.717, 1.165) is 22.4 Å². The van der Waals surface area contributed by atoms with Crippen LogP contribution in [0.2, 0.25) is 0 Å². The number of hydrogen-bond donors (Lipinski definition) is 5. The Morgan fingerprint density at radius 2 is 1.58 bits per heavy atom. The number of carbonyl (C=O) groups is 4. The minimum absolute atomic E-state index is 0.307. The first-order valence-corrected chi connectivity index (χ1v) is 18.3. The minimum atomic E-state index is -1.20. The number of rotatable bonds is 12. The SMILES string of the molecule is COC(=O)N[C@@H](C(=O)N[C@@H](C)c1ncc(-c2cccc(-c3cnc(-c4cnc([C@@H]5CCCN5C(=O)[C@@H](c5ccccc5)N(C)C(=O)O)[nH]4)o3)c2)[nH]1)c1ccccc1. The summed E-state index contributed by atoms with van der Waals surface area (Å²) in [6.07, 6.45) is 4.36. The third-order valence-corrected chi connectivity index (χ3v) is 9.89. The quantitative estimate of drug-likeness (QED) is 0.0922. The summed E-state index contributed by atoms with van der Waals surface area (Å²) in [5.74, 6) is 1.13. The molecule has 4 heterocycles. The molecule has 16 heteroatoms. The number of hydrogen-bond acceptors (Lipinski definition) is 9. The largest absolute Gasteiger partial charge is 0.465 e. The van der Waals surface area contributed by atoms with Crippen LogP contribution in [0.25, 0.3) is 34.2 Å². The van der Waals surface area contributed by atoms with Crippen LogP contribution in [0, 0.1) is 0 Å². The van der Waals surface area contributed by atoms with E-state index in [2.05, 4.69) is 35.6 Å². The van der Waals surface area contributed by atoms with Crippen molar-refractivity contribution in [2.75, 3.05) is 20.7 Å². The van der Waals surface area contributed by atoms with Crippen LogP contribution in [0.5, 0.6) is 0 Å². The van der Waals surface area contributed by atoms with Crippen molar-refractivity contribution < 1.29 is 33.4 Å². The van der Waals surface area contributed by atoms with Gasteiger partial charge in [-0.1, -0.05) is 78.9 Å². The van der Waals surface area contributed by atoms with Gasteiger partial charge in [-0.2, -0.15) is 0 Å². The molecule has 0 unspecified atom stereocenters. The molecule has 0 saturated carbocycles. The number of H-pyrrole nitrogens is 2. The first-order valence-electron chi connectivity index (χ1n) is 18.3. The summed E-state index contributed by atoms with van der Waals surface area (Å²) >= 11 is 0. The lowest BCUT2D eigenvalue weighted by molar-refractivity contribution is -0.137. The zero-order valence-corrected chi connectivity index (χ0v) is 31.4. The van der Waals surface area contributed by atoms with Crippen LogP contribution in [0.1, 0.15) is 66.7 Å². The summed E-state index contributed by atoms with van der Waals surface area (Å²) in [4.78, 5) is 74.1. The molecule has 5 N–H and O–H groups in total. The molecular formula is C41H41N9O7. The highest BCUT2D eigenvalue weighted by molar-refractivity contribution is 5.88. The summed E-state index contributed by atoms with van der Waals surface area (Å²) in [6, 6.07) is 22.5. The number of carbonyl (C=O) groups excluding carboxylic acids is 3. The Morgan fingerprint density at radius 3 is 2.30 bits per heavy atom. The number of carboxylic acid groups (broad SMARTS) is 1. The lowest BCUT2D eigenvalue weighted by Crippen LogP contribution is -2.43. The van der Waals surface area contributed by atoms with Crippen molar-refractivity contribution in [2.45, 2.75) is 43.9 Å². The lowest BCUT2D eigenvalue weighted by Gasteiger charge is -2.32. The number of aromatic amines is 2. The highest BCUT2D eigenvalue weighted by Gasteiger charge is 2.39. The molecule has 292 valence electrons. The molecule has 57 heavy (non-hydrogen) atoms. The van der Waals surface area contributed by atoms with E-state index in [0.29, 0.717) is 58.8 Å². The van der Waals surface area contributed by atoms with Gasteiger partial charge in [-0.05, 0) is 37.0 Å². The van der Waals surface area contributed by atoms with Crippen molar-refractivity contribution in [3.8, 4) is 34.2 Å². The minimum Gasteiger partial charge on any atom is -0.465 e. The molecule has 6 aromatic rings. The van der Waals surface area contributed by atoms with E-state index in [9.17, 15) is 24.3 Å². The average molecular weight is 772 g/mol. The van der Waals surface area contributed by atoms with Gasteiger partial charge < -0.3 is 39.8 Å². The van der Waals surface area contributed by atoms with Gasteiger partial charge in [-0.25, -0.2) is 24.5 Å². The summed E-state index contributed by atoms with van der Waals surface area (Å²) < 4.78 is 10.9. The molecule has 0 bridgehead atoms. The number of nitrogens with one attached hydrogen (secondary N) is 4. The molecule has 4 amide bonds. The molecule has 7 rings (SSSR count). The summed E-state index contributed by atoms with van der Waals surface area (Å²) in [5, 5.41) is 15.3. The molecule has 1 aliphatic heterocycles. The second-order valence-corrected chi connectivity index (χ2v) is 13.6. The monoisotopic (exact) mass is 771 g/mol.